The Hall–Kier alpha value is -1.51. The second-order valence-electron chi connectivity index (χ2n) is 6.82. The van der Waals surface area contributed by atoms with Gasteiger partial charge in [0.05, 0.1) is 6.42 Å². The summed E-state index contributed by atoms with van der Waals surface area (Å²) in [7, 11) is -3.53. The van der Waals surface area contributed by atoms with Gasteiger partial charge in [-0.1, -0.05) is 26.0 Å². The fraction of sp³-hybridized carbons (Fsp3) is 0.588. The van der Waals surface area contributed by atoms with Crippen LogP contribution < -0.4 is 10.0 Å². The maximum atomic E-state index is 13.1. The van der Waals surface area contributed by atoms with Gasteiger partial charge in [0.25, 0.3) is 10.2 Å². The molecule has 1 aromatic rings. The van der Waals surface area contributed by atoms with Crippen molar-refractivity contribution in [1.82, 2.24) is 14.3 Å². The molecule has 6 nitrogen and oxygen atoms in total. The van der Waals surface area contributed by atoms with Crippen molar-refractivity contribution < 1.29 is 17.6 Å². The summed E-state index contributed by atoms with van der Waals surface area (Å²) >= 11 is 0. The Balaban J connectivity index is 1.73. The van der Waals surface area contributed by atoms with Gasteiger partial charge in [-0.15, -0.1) is 0 Å². The quantitative estimate of drug-likeness (QED) is 0.709. The molecule has 8 heteroatoms. The molecule has 0 radical (unpaired) electrons. The number of halogens is 1. The number of hydrogen-bond acceptors (Lipinski definition) is 3. The molecule has 0 aliphatic carbocycles. The molecule has 1 heterocycles. The molecule has 140 valence electrons. The SMILES string of the molecule is C[C@@H]1C[C@H](C)CN(S(=O)(=O)NCCNC(=O)Cc2cccc(F)c2)C1. The fourth-order valence-electron chi connectivity index (χ4n) is 3.17. The lowest BCUT2D eigenvalue weighted by atomic mass is 9.94. The molecule has 1 fully saturated rings. The smallest absolute Gasteiger partial charge is 0.279 e. The Morgan fingerprint density at radius 1 is 1.24 bits per heavy atom. The Morgan fingerprint density at radius 2 is 1.92 bits per heavy atom. The van der Waals surface area contributed by atoms with Gasteiger partial charge >= 0.3 is 0 Å². The van der Waals surface area contributed by atoms with Gasteiger partial charge in [-0.3, -0.25) is 4.79 Å². The zero-order valence-electron chi connectivity index (χ0n) is 14.7. The Morgan fingerprint density at radius 3 is 2.56 bits per heavy atom. The predicted octanol–water partition coefficient (Wildman–Crippen LogP) is 1.30. The highest BCUT2D eigenvalue weighted by atomic mass is 32.2. The zero-order chi connectivity index (χ0) is 18.4. The van der Waals surface area contributed by atoms with Gasteiger partial charge < -0.3 is 5.32 Å². The first-order valence-corrected chi connectivity index (χ1v) is 9.96. The fourth-order valence-corrected chi connectivity index (χ4v) is 4.61. The van der Waals surface area contributed by atoms with E-state index in [1.165, 1.54) is 16.4 Å². The van der Waals surface area contributed by atoms with Crippen LogP contribution in [0.1, 0.15) is 25.8 Å². The van der Waals surface area contributed by atoms with Gasteiger partial charge in [0, 0.05) is 26.2 Å². The summed E-state index contributed by atoms with van der Waals surface area (Å²) in [6.07, 6.45) is 1.09. The molecule has 2 rings (SSSR count). The summed E-state index contributed by atoms with van der Waals surface area (Å²) in [5.74, 6) is 0.0191. The number of nitrogens with one attached hydrogen (secondary N) is 2. The Kier molecular flexibility index (Phi) is 6.92. The molecule has 1 aliphatic rings. The lowest BCUT2D eigenvalue weighted by Gasteiger charge is -2.33. The first kappa shape index (κ1) is 19.8. The molecule has 0 unspecified atom stereocenters. The summed E-state index contributed by atoms with van der Waals surface area (Å²) in [5, 5.41) is 2.64. The van der Waals surface area contributed by atoms with Crippen LogP contribution in [0.15, 0.2) is 24.3 Å². The first-order valence-electron chi connectivity index (χ1n) is 8.52. The van der Waals surface area contributed by atoms with Crippen molar-refractivity contribution in [3.8, 4) is 0 Å². The second-order valence-corrected chi connectivity index (χ2v) is 8.57. The van der Waals surface area contributed by atoms with E-state index in [-0.39, 0.29) is 31.2 Å². The molecule has 0 aromatic heterocycles. The van der Waals surface area contributed by atoms with Crippen LogP contribution in [0, 0.1) is 17.7 Å². The van der Waals surface area contributed by atoms with Crippen molar-refractivity contribution in [2.75, 3.05) is 26.2 Å². The van der Waals surface area contributed by atoms with E-state index in [2.05, 4.69) is 10.0 Å². The lowest BCUT2D eigenvalue weighted by molar-refractivity contribution is -0.120. The van der Waals surface area contributed by atoms with E-state index in [0.717, 1.165) is 6.42 Å². The number of rotatable bonds is 7. The molecule has 0 bridgehead atoms. The van der Waals surface area contributed by atoms with Crippen molar-refractivity contribution in [3.05, 3.63) is 35.6 Å². The topological polar surface area (TPSA) is 78.5 Å². The summed E-state index contributed by atoms with van der Waals surface area (Å²) in [4.78, 5) is 11.8. The number of carbonyl (C=O) groups excluding carboxylic acids is 1. The highest BCUT2D eigenvalue weighted by Crippen LogP contribution is 2.22. The maximum absolute atomic E-state index is 13.1. The molecule has 0 spiro atoms. The summed E-state index contributed by atoms with van der Waals surface area (Å²) in [6, 6.07) is 5.84. The monoisotopic (exact) mass is 371 g/mol. The third-order valence-corrected chi connectivity index (χ3v) is 5.71. The van der Waals surface area contributed by atoms with E-state index < -0.39 is 10.2 Å². The molecule has 0 saturated carbocycles. The first-order chi connectivity index (χ1) is 11.8. The normalized spacial score (nSPS) is 21.9. The number of carbonyl (C=O) groups is 1. The van der Waals surface area contributed by atoms with Crippen LogP contribution in [0.2, 0.25) is 0 Å². The summed E-state index contributed by atoms with van der Waals surface area (Å²) < 4.78 is 41.7. The number of piperidine rings is 1. The molecule has 1 aliphatic heterocycles. The summed E-state index contributed by atoms with van der Waals surface area (Å²) in [5.41, 5.74) is 0.578. The Bertz CT molecular complexity index is 686. The van der Waals surface area contributed by atoms with E-state index in [1.54, 1.807) is 12.1 Å². The minimum Gasteiger partial charge on any atom is -0.354 e. The van der Waals surface area contributed by atoms with Gasteiger partial charge in [-0.2, -0.15) is 12.7 Å². The van der Waals surface area contributed by atoms with Gasteiger partial charge in [-0.25, -0.2) is 9.11 Å². The minimum absolute atomic E-state index is 0.0612. The third-order valence-electron chi connectivity index (χ3n) is 4.16. The van der Waals surface area contributed by atoms with E-state index >= 15 is 0 Å². The molecular weight excluding hydrogens is 345 g/mol. The molecular formula is C17H26FN3O3S. The highest BCUT2D eigenvalue weighted by molar-refractivity contribution is 7.87. The van der Waals surface area contributed by atoms with Gasteiger partial charge in [-0.05, 0) is 36.0 Å². The number of nitrogens with zero attached hydrogens (tertiary/aromatic N) is 1. The number of amides is 1. The number of benzene rings is 1. The molecule has 1 aromatic carbocycles. The van der Waals surface area contributed by atoms with Crippen molar-refractivity contribution >= 4 is 16.1 Å². The molecule has 1 saturated heterocycles. The van der Waals surface area contributed by atoms with Crippen molar-refractivity contribution in [3.63, 3.8) is 0 Å². The van der Waals surface area contributed by atoms with Crippen LogP contribution in [-0.4, -0.2) is 44.8 Å². The van der Waals surface area contributed by atoms with E-state index in [9.17, 15) is 17.6 Å². The lowest BCUT2D eigenvalue weighted by Crippen LogP contribution is -2.49. The number of hydrogen-bond donors (Lipinski definition) is 2. The van der Waals surface area contributed by atoms with Crippen molar-refractivity contribution in [2.24, 2.45) is 11.8 Å². The van der Waals surface area contributed by atoms with Crippen LogP contribution in [0.25, 0.3) is 0 Å². The van der Waals surface area contributed by atoms with Gasteiger partial charge in [0.15, 0.2) is 0 Å². The molecule has 25 heavy (non-hydrogen) atoms. The highest BCUT2D eigenvalue weighted by Gasteiger charge is 2.29. The molecule has 1 amide bonds. The van der Waals surface area contributed by atoms with E-state index in [1.807, 2.05) is 13.8 Å². The van der Waals surface area contributed by atoms with Gasteiger partial charge in [0.2, 0.25) is 5.91 Å². The summed E-state index contributed by atoms with van der Waals surface area (Å²) in [6.45, 7) is 5.44. The van der Waals surface area contributed by atoms with Crippen LogP contribution in [-0.2, 0) is 21.4 Å². The van der Waals surface area contributed by atoms with Crippen LogP contribution in [0.3, 0.4) is 0 Å². The van der Waals surface area contributed by atoms with E-state index in [0.29, 0.717) is 30.5 Å². The zero-order valence-corrected chi connectivity index (χ0v) is 15.5. The molecule has 2 atom stereocenters. The predicted molar refractivity (Wildman–Crippen MR) is 94.6 cm³/mol. The minimum atomic E-state index is -3.53. The second kappa shape index (κ2) is 8.73. The third kappa shape index (κ3) is 6.37. The van der Waals surface area contributed by atoms with Crippen LogP contribution in [0.5, 0.6) is 0 Å². The average Bonchev–Trinajstić information content (AvgIpc) is 2.51. The standard InChI is InChI=1S/C17H26FN3O3S/c1-13-8-14(2)12-21(11-13)25(23,24)20-7-6-19-17(22)10-15-4-3-5-16(18)9-15/h3-5,9,13-14,20H,6-8,10-12H2,1-2H3,(H,19,22)/t13-,14+. The van der Waals surface area contributed by atoms with Crippen LogP contribution in [0.4, 0.5) is 4.39 Å². The average molecular weight is 371 g/mol. The van der Waals surface area contributed by atoms with Crippen molar-refractivity contribution in [1.29, 1.82) is 0 Å². The van der Waals surface area contributed by atoms with Crippen molar-refractivity contribution in [2.45, 2.75) is 26.7 Å². The molecule has 2 N–H and O–H groups in total. The van der Waals surface area contributed by atoms with E-state index in [4.69, 9.17) is 0 Å². The maximum Gasteiger partial charge on any atom is 0.279 e. The Labute approximate surface area is 149 Å². The van der Waals surface area contributed by atoms with Crippen LogP contribution >= 0.6 is 0 Å². The largest absolute Gasteiger partial charge is 0.354 e. The van der Waals surface area contributed by atoms with Gasteiger partial charge in [0.1, 0.15) is 5.82 Å².